The first-order valence-corrected chi connectivity index (χ1v) is 11.3. The molecule has 0 spiro atoms. The molecule has 0 unspecified atom stereocenters. The number of anilines is 1. The smallest absolute Gasteiger partial charge is 0.335 e. The van der Waals surface area contributed by atoms with Crippen LogP contribution in [-0.4, -0.2) is 23.9 Å². The molecule has 1 fully saturated rings. The lowest BCUT2D eigenvalue weighted by Crippen LogP contribution is -2.54. The number of imide groups is 2. The number of benzene rings is 3. The lowest BCUT2D eigenvalue weighted by molar-refractivity contribution is -0.122. The second kappa shape index (κ2) is 10.4. The van der Waals surface area contributed by atoms with Gasteiger partial charge in [-0.2, -0.15) is 0 Å². The summed E-state index contributed by atoms with van der Waals surface area (Å²) >= 11 is 6.28. The zero-order valence-corrected chi connectivity index (χ0v) is 19.9. The van der Waals surface area contributed by atoms with Crippen molar-refractivity contribution in [1.29, 1.82) is 0 Å². The summed E-state index contributed by atoms with van der Waals surface area (Å²) in [5, 5.41) is 2.56. The minimum Gasteiger partial charge on any atom is -0.489 e. The Morgan fingerprint density at radius 3 is 2.34 bits per heavy atom. The number of hydrogen-bond acceptors (Lipinski definition) is 5. The average molecular weight is 491 g/mol. The molecule has 1 saturated heterocycles. The number of amides is 4. The zero-order valence-electron chi connectivity index (χ0n) is 19.2. The molecule has 1 N–H and O–H groups in total. The van der Waals surface area contributed by atoms with Crippen molar-refractivity contribution >= 4 is 41.2 Å². The van der Waals surface area contributed by atoms with E-state index < -0.39 is 17.8 Å². The molecular weight excluding hydrogens is 468 g/mol. The second-order valence-corrected chi connectivity index (χ2v) is 8.49. The van der Waals surface area contributed by atoms with E-state index in [1.165, 1.54) is 6.08 Å². The van der Waals surface area contributed by atoms with Gasteiger partial charge in [-0.3, -0.25) is 14.9 Å². The Morgan fingerprint density at radius 2 is 1.69 bits per heavy atom. The van der Waals surface area contributed by atoms with Crippen molar-refractivity contribution in [3.05, 3.63) is 94.5 Å². The lowest BCUT2D eigenvalue weighted by atomic mass is 10.1. The quantitative estimate of drug-likeness (QED) is 0.355. The van der Waals surface area contributed by atoms with E-state index in [9.17, 15) is 14.4 Å². The van der Waals surface area contributed by atoms with E-state index in [-0.39, 0.29) is 11.7 Å². The van der Waals surface area contributed by atoms with Crippen LogP contribution in [0.5, 0.6) is 11.5 Å². The van der Waals surface area contributed by atoms with Crippen molar-refractivity contribution in [3.63, 3.8) is 0 Å². The van der Waals surface area contributed by atoms with Gasteiger partial charge < -0.3 is 9.47 Å². The van der Waals surface area contributed by atoms with Gasteiger partial charge in [0, 0.05) is 0 Å². The Morgan fingerprint density at radius 1 is 0.971 bits per heavy atom. The first kappa shape index (κ1) is 24.0. The highest BCUT2D eigenvalue weighted by Crippen LogP contribution is 2.29. The fraction of sp³-hybridized carbons (Fsp3) is 0.148. The summed E-state index contributed by atoms with van der Waals surface area (Å²) in [6, 6.07) is 20.3. The molecule has 1 aliphatic heterocycles. The van der Waals surface area contributed by atoms with Gasteiger partial charge >= 0.3 is 6.03 Å². The predicted octanol–water partition coefficient (Wildman–Crippen LogP) is 5.37. The Kier molecular flexibility index (Phi) is 7.17. The molecule has 0 aromatic heterocycles. The van der Waals surface area contributed by atoms with Crippen molar-refractivity contribution in [1.82, 2.24) is 5.32 Å². The molecule has 7 nitrogen and oxygen atoms in total. The molecule has 3 aromatic carbocycles. The van der Waals surface area contributed by atoms with Gasteiger partial charge in [0.05, 0.1) is 16.8 Å². The van der Waals surface area contributed by atoms with Crippen LogP contribution in [-0.2, 0) is 16.2 Å². The number of carbonyl (C=O) groups is 3. The third-order valence-electron chi connectivity index (χ3n) is 5.07. The monoisotopic (exact) mass is 490 g/mol. The molecular formula is C27H23ClN2O5. The van der Waals surface area contributed by atoms with E-state index in [2.05, 4.69) is 5.32 Å². The molecule has 0 radical (unpaired) electrons. The Hall–Kier alpha value is -4.10. The number of carbonyl (C=O) groups excluding carboxylic acids is 3. The maximum absolute atomic E-state index is 13.1. The number of hydrogen-bond donors (Lipinski definition) is 1. The normalized spacial score (nSPS) is 14.9. The number of barbiturate groups is 1. The molecule has 1 aliphatic rings. The van der Waals surface area contributed by atoms with Gasteiger partial charge in [-0.1, -0.05) is 48.0 Å². The number of rotatable bonds is 7. The number of halogens is 1. The maximum atomic E-state index is 13.1. The molecule has 3 aromatic rings. The first-order chi connectivity index (χ1) is 16.8. The number of nitrogens with zero attached hydrogens (tertiary/aromatic N) is 1. The van der Waals surface area contributed by atoms with Crippen molar-refractivity contribution < 1.29 is 23.9 Å². The molecule has 4 rings (SSSR count). The van der Waals surface area contributed by atoms with Crippen LogP contribution >= 0.6 is 11.6 Å². The first-order valence-electron chi connectivity index (χ1n) is 11.0. The number of ether oxygens (including phenoxy) is 2. The van der Waals surface area contributed by atoms with Gasteiger partial charge in [-0.25, -0.2) is 9.69 Å². The van der Waals surface area contributed by atoms with Crippen LogP contribution in [0.1, 0.15) is 25.0 Å². The van der Waals surface area contributed by atoms with E-state index in [1.807, 2.05) is 44.2 Å². The Labute approximate surface area is 207 Å². The van der Waals surface area contributed by atoms with Crippen LogP contribution in [0, 0.1) is 0 Å². The van der Waals surface area contributed by atoms with Crippen LogP contribution in [0.25, 0.3) is 6.08 Å². The van der Waals surface area contributed by atoms with Crippen molar-refractivity contribution in [2.24, 2.45) is 0 Å². The van der Waals surface area contributed by atoms with Gasteiger partial charge in [-0.05, 0) is 67.4 Å². The van der Waals surface area contributed by atoms with Crippen LogP contribution in [0.15, 0.2) is 78.4 Å². The van der Waals surface area contributed by atoms with E-state index in [0.717, 1.165) is 10.5 Å². The lowest BCUT2D eigenvalue weighted by Gasteiger charge is -2.26. The number of nitrogens with one attached hydrogen (secondary N) is 1. The number of urea groups is 1. The van der Waals surface area contributed by atoms with E-state index >= 15 is 0 Å². The molecule has 35 heavy (non-hydrogen) atoms. The molecule has 178 valence electrons. The predicted molar refractivity (Wildman–Crippen MR) is 133 cm³/mol. The highest BCUT2D eigenvalue weighted by atomic mass is 35.5. The van der Waals surface area contributed by atoms with Crippen molar-refractivity contribution in [3.8, 4) is 11.5 Å². The summed E-state index contributed by atoms with van der Waals surface area (Å²) in [6.07, 6.45) is 1.33. The fourth-order valence-electron chi connectivity index (χ4n) is 3.45. The molecule has 4 amide bonds. The zero-order chi connectivity index (χ0) is 24.9. The maximum Gasteiger partial charge on any atom is 0.335 e. The van der Waals surface area contributed by atoms with Crippen molar-refractivity contribution in [2.45, 2.75) is 26.6 Å². The summed E-state index contributed by atoms with van der Waals surface area (Å²) < 4.78 is 11.4. The van der Waals surface area contributed by atoms with Crippen molar-refractivity contribution in [2.75, 3.05) is 4.90 Å². The molecule has 0 aliphatic carbocycles. The van der Waals surface area contributed by atoms with E-state index in [4.69, 9.17) is 21.1 Å². The highest BCUT2D eigenvalue weighted by molar-refractivity contribution is 6.39. The van der Waals surface area contributed by atoms with Gasteiger partial charge in [0.15, 0.2) is 0 Å². The van der Waals surface area contributed by atoms with Gasteiger partial charge in [0.2, 0.25) is 0 Å². The minimum absolute atomic E-state index is 0.0582. The molecule has 1 heterocycles. The third kappa shape index (κ3) is 5.70. The fourth-order valence-corrected chi connectivity index (χ4v) is 3.68. The summed E-state index contributed by atoms with van der Waals surface area (Å²) in [4.78, 5) is 39.0. The second-order valence-electron chi connectivity index (χ2n) is 8.08. The molecule has 0 bridgehead atoms. The minimum atomic E-state index is -0.825. The largest absolute Gasteiger partial charge is 0.489 e. The molecule has 8 heteroatoms. The van der Waals surface area contributed by atoms with Crippen LogP contribution in [0.4, 0.5) is 10.5 Å². The average Bonchev–Trinajstić information content (AvgIpc) is 2.83. The summed E-state index contributed by atoms with van der Waals surface area (Å²) in [5.41, 5.74) is 1.64. The van der Waals surface area contributed by atoms with Crippen LogP contribution in [0.3, 0.4) is 0 Å². The Balaban J connectivity index is 1.53. The Bertz CT molecular complexity index is 1290. The topological polar surface area (TPSA) is 84.9 Å². The van der Waals surface area contributed by atoms with Gasteiger partial charge in [0.25, 0.3) is 11.8 Å². The standard InChI is InChI=1S/C27H23ClN2O5/c1-17(2)35-24-13-8-19(15-23(24)28)14-22-25(31)29-27(33)30(26(22)32)20-9-11-21(12-10-20)34-16-18-6-4-3-5-7-18/h3-15,17H,16H2,1-2H3,(H,29,31,33)/b22-14+. The summed E-state index contributed by atoms with van der Waals surface area (Å²) in [5.74, 6) is -0.449. The third-order valence-corrected chi connectivity index (χ3v) is 5.37. The van der Waals surface area contributed by atoms with E-state index in [1.54, 1.807) is 42.5 Å². The highest BCUT2D eigenvalue weighted by Gasteiger charge is 2.36. The van der Waals surface area contributed by atoms with Gasteiger partial charge in [-0.15, -0.1) is 0 Å². The van der Waals surface area contributed by atoms with Gasteiger partial charge in [0.1, 0.15) is 23.7 Å². The van der Waals surface area contributed by atoms with Crippen LogP contribution < -0.4 is 19.7 Å². The summed E-state index contributed by atoms with van der Waals surface area (Å²) in [6.45, 7) is 4.14. The SMILES string of the molecule is CC(C)Oc1ccc(/C=C2\C(=O)NC(=O)N(c3ccc(OCc4ccccc4)cc3)C2=O)cc1Cl. The molecule has 0 saturated carbocycles. The van der Waals surface area contributed by atoms with Crippen LogP contribution in [0.2, 0.25) is 5.02 Å². The summed E-state index contributed by atoms with van der Waals surface area (Å²) in [7, 11) is 0. The molecule has 0 atom stereocenters. The van der Waals surface area contributed by atoms with E-state index in [0.29, 0.717) is 34.4 Å².